The summed E-state index contributed by atoms with van der Waals surface area (Å²) in [5, 5.41) is 4.27. The summed E-state index contributed by atoms with van der Waals surface area (Å²) in [5.74, 6) is -0.541. The fourth-order valence-corrected chi connectivity index (χ4v) is 4.67. The average Bonchev–Trinajstić information content (AvgIpc) is 3.26. The van der Waals surface area contributed by atoms with Crippen molar-refractivity contribution in [1.82, 2.24) is 10.2 Å². The summed E-state index contributed by atoms with van der Waals surface area (Å²) >= 11 is 1.56. The van der Waals surface area contributed by atoms with E-state index in [1.807, 2.05) is 42.6 Å². The molecule has 4 rings (SSSR count). The zero-order chi connectivity index (χ0) is 17.6. The molecule has 1 atom stereocenters. The van der Waals surface area contributed by atoms with E-state index >= 15 is 0 Å². The summed E-state index contributed by atoms with van der Waals surface area (Å²) in [6.07, 6.45) is 0.726. The monoisotopic (exact) mass is 354 g/mol. The van der Waals surface area contributed by atoms with E-state index in [1.54, 1.807) is 16.2 Å². The van der Waals surface area contributed by atoms with Gasteiger partial charge in [0, 0.05) is 35.3 Å². The lowest BCUT2D eigenvalue weighted by atomic mass is 9.85. The predicted octanol–water partition coefficient (Wildman–Crippen LogP) is 2.60. The van der Waals surface area contributed by atoms with Crippen LogP contribution in [0.25, 0.3) is 11.1 Å². The molecule has 1 aromatic heterocycles. The quantitative estimate of drug-likeness (QED) is 0.843. The first kappa shape index (κ1) is 16.0. The molecule has 1 N–H and O–H groups in total. The van der Waals surface area contributed by atoms with Crippen molar-refractivity contribution in [3.8, 4) is 11.1 Å². The Hall–Kier alpha value is -2.47. The molecule has 2 aliphatic rings. The van der Waals surface area contributed by atoms with Gasteiger partial charge in [-0.1, -0.05) is 30.3 Å². The van der Waals surface area contributed by atoms with Crippen molar-refractivity contribution in [1.29, 1.82) is 0 Å². The molecule has 1 spiro atoms. The highest BCUT2D eigenvalue weighted by Gasteiger charge is 2.52. The van der Waals surface area contributed by atoms with E-state index in [0.717, 1.165) is 16.0 Å². The first-order valence-electron chi connectivity index (χ1n) is 8.27. The van der Waals surface area contributed by atoms with Crippen molar-refractivity contribution < 1.29 is 14.4 Å². The number of nitrogens with zero attached hydrogens (tertiary/aromatic N) is 1. The zero-order valence-corrected chi connectivity index (χ0v) is 14.7. The van der Waals surface area contributed by atoms with Gasteiger partial charge in [-0.2, -0.15) is 0 Å². The second-order valence-electron chi connectivity index (χ2n) is 6.76. The van der Waals surface area contributed by atoms with Gasteiger partial charge in [-0.05, 0) is 18.9 Å². The van der Waals surface area contributed by atoms with Crippen LogP contribution in [0.5, 0.6) is 0 Å². The third-order valence-electron chi connectivity index (χ3n) is 5.14. The van der Waals surface area contributed by atoms with Crippen molar-refractivity contribution in [3.63, 3.8) is 0 Å². The number of likely N-dealkylation sites (tertiary alicyclic amines) is 1. The molecule has 128 valence electrons. The summed E-state index contributed by atoms with van der Waals surface area (Å²) in [5.41, 5.74) is 1.93. The largest absolute Gasteiger partial charge is 0.337 e. The Morgan fingerprint density at radius 1 is 1.24 bits per heavy atom. The highest BCUT2D eigenvalue weighted by molar-refractivity contribution is 7.10. The van der Waals surface area contributed by atoms with Crippen molar-refractivity contribution in [3.05, 3.63) is 46.2 Å². The summed E-state index contributed by atoms with van der Waals surface area (Å²) in [6, 6.07) is 9.87. The smallest absolute Gasteiger partial charge is 0.255 e. The van der Waals surface area contributed by atoms with E-state index in [0.29, 0.717) is 25.1 Å². The van der Waals surface area contributed by atoms with Gasteiger partial charge >= 0.3 is 0 Å². The Kier molecular flexibility index (Phi) is 3.72. The van der Waals surface area contributed by atoms with Gasteiger partial charge in [0.2, 0.25) is 11.8 Å². The Bertz CT molecular complexity index is 874. The number of hydrogen-bond acceptors (Lipinski definition) is 4. The van der Waals surface area contributed by atoms with E-state index in [4.69, 9.17) is 0 Å². The molecule has 2 fully saturated rings. The molecule has 1 aromatic carbocycles. The molecule has 3 heterocycles. The Balaban J connectivity index is 1.63. The van der Waals surface area contributed by atoms with E-state index < -0.39 is 5.41 Å². The molecular formula is C19H18N2O3S. The normalized spacial score (nSPS) is 22.7. The van der Waals surface area contributed by atoms with Crippen molar-refractivity contribution in [2.75, 3.05) is 13.1 Å². The lowest BCUT2D eigenvalue weighted by molar-refractivity contribution is -0.128. The van der Waals surface area contributed by atoms with Crippen LogP contribution in [0, 0.1) is 12.3 Å². The number of nitrogens with one attached hydrogen (secondary N) is 1. The third kappa shape index (κ3) is 2.57. The molecule has 0 unspecified atom stereocenters. The predicted molar refractivity (Wildman–Crippen MR) is 95.2 cm³/mol. The Morgan fingerprint density at radius 2 is 2.00 bits per heavy atom. The first-order chi connectivity index (χ1) is 12.0. The molecule has 3 amide bonds. The van der Waals surface area contributed by atoms with Gasteiger partial charge < -0.3 is 4.90 Å². The molecule has 2 aromatic rings. The highest BCUT2D eigenvalue weighted by Crippen LogP contribution is 2.40. The van der Waals surface area contributed by atoms with Crippen molar-refractivity contribution in [2.45, 2.75) is 19.8 Å². The molecule has 2 aliphatic heterocycles. The molecule has 0 bridgehead atoms. The van der Waals surface area contributed by atoms with Crippen LogP contribution in [0.1, 0.15) is 28.1 Å². The van der Waals surface area contributed by atoms with Crippen LogP contribution in [-0.4, -0.2) is 35.7 Å². The van der Waals surface area contributed by atoms with Crippen LogP contribution in [0.2, 0.25) is 0 Å². The van der Waals surface area contributed by atoms with Gasteiger partial charge in [-0.15, -0.1) is 11.3 Å². The fraction of sp³-hybridized carbons (Fsp3) is 0.316. The van der Waals surface area contributed by atoms with Gasteiger partial charge in [0.25, 0.3) is 5.91 Å². The maximum Gasteiger partial charge on any atom is 0.255 e. The highest BCUT2D eigenvalue weighted by atomic mass is 32.1. The number of benzene rings is 1. The van der Waals surface area contributed by atoms with Crippen LogP contribution in [-0.2, 0) is 9.59 Å². The van der Waals surface area contributed by atoms with Gasteiger partial charge in [-0.3, -0.25) is 19.7 Å². The standard InChI is InChI=1S/C19H18N2O3S/c1-12-16(13-5-3-2-4-6-13)14(10-25-12)17(23)21-8-7-19(11-21)9-15(22)20-18(19)24/h2-6,10H,7-9,11H2,1H3,(H,20,22,24)/t19-/m0/s1. The lowest BCUT2D eigenvalue weighted by Gasteiger charge is -2.20. The fourth-order valence-electron chi connectivity index (χ4n) is 3.81. The zero-order valence-electron chi connectivity index (χ0n) is 13.9. The summed E-state index contributed by atoms with van der Waals surface area (Å²) in [6.45, 7) is 2.83. The second-order valence-corrected chi connectivity index (χ2v) is 7.84. The van der Waals surface area contributed by atoms with Crippen LogP contribution in [0.15, 0.2) is 35.7 Å². The number of aryl methyl sites for hydroxylation is 1. The Labute approximate surface area is 149 Å². The van der Waals surface area contributed by atoms with Crippen molar-refractivity contribution in [2.24, 2.45) is 5.41 Å². The Morgan fingerprint density at radius 3 is 2.68 bits per heavy atom. The summed E-state index contributed by atoms with van der Waals surface area (Å²) < 4.78 is 0. The van der Waals surface area contributed by atoms with E-state index in [9.17, 15) is 14.4 Å². The van der Waals surface area contributed by atoms with Gasteiger partial charge in [0.05, 0.1) is 11.0 Å². The minimum absolute atomic E-state index is 0.0628. The number of imide groups is 1. The first-order valence-corrected chi connectivity index (χ1v) is 9.15. The maximum atomic E-state index is 13.1. The number of carbonyl (C=O) groups excluding carboxylic acids is 3. The second kappa shape index (κ2) is 5.81. The van der Waals surface area contributed by atoms with Gasteiger partial charge in [0.15, 0.2) is 0 Å². The molecule has 0 aliphatic carbocycles. The number of carbonyl (C=O) groups is 3. The van der Waals surface area contributed by atoms with Crippen LogP contribution < -0.4 is 5.32 Å². The average molecular weight is 354 g/mol. The van der Waals surface area contributed by atoms with Gasteiger partial charge in [-0.25, -0.2) is 0 Å². The summed E-state index contributed by atoms with van der Waals surface area (Å²) in [7, 11) is 0. The third-order valence-corrected chi connectivity index (χ3v) is 6.05. The van der Waals surface area contributed by atoms with E-state index in [2.05, 4.69) is 5.32 Å². The van der Waals surface area contributed by atoms with Crippen LogP contribution in [0.3, 0.4) is 0 Å². The number of rotatable bonds is 2. The molecule has 0 saturated carbocycles. The maximum absolute atomic E-state index is 13.1. The summed E-state index contributed by atoms with van der Waals surface area (Å²) in [4.78, 5) is 39.6. The van der Waals surface area contributed by atoms with Crippen LogP contribution in [0.4, 0.5) is 0 Å². The topological polar surface area (TPSA) is 66.5 Å². The van der Waals surface area contributed by atoms with E-state index in [-0.39, 0.29) is 24.1 Å². The molecular weight excluding hydrogens is 336 g/mol. The number of thiophene rings is 1. The lowest BCUT2D eigenvalue weighted by Crippen LogP contribution is -2.36. The number of amides is 3. The van der Waals surface area contributed by atoms with Gasteiger partial charge in [0.1, 0.15) is 0 Å². The van der Waals surface area contributed by atoms with Crippen molar-refractivity contribution >= 4 is 29.1 Å². The minimum Gasteiger partial charge on any atom is -0.337 e. The molecule has 0 radical (unpaired) electrons. The molecule has 6 heteroatoms. The SMILES string of the molecule is Cc1scc(C(=O)N2CC[C@]3(CC(=O)NC3=O)C2)c1-c1ccccc1. The molecule has 25 heavy (non-hydrogen) atoms. The molecule has 5 nitrogen and oxygen atoms in total. The molecule has 2 saturated heterocycles. The minimum atomic E-state index is -0.731. The number of hydrogen-bond donors (Lipinski definition) is 1. The van der Waals surface area contributed by atoms with E-state index in [1.165, 1.54) is 0 Å². The van der Waals surface area contributed by atoms with Crippen LogP contribution >= 0.6 is 11.3 Å².